The molecule has 0 unspecified atom stereocenters. The van der Waals surface area contributed by atoms with Gasteiger partial charge in [0.1, 0.15) is 5.56 Å². The summed E-state index contributed by atoms with van der Waals surface area (Å²) in [6.07, 6.45) is 0. The third-order valence-electron chi connectivity index (χ3n) is 3.75. The molecule has 0 bridgehead atoms. The molecule has 0 aromatic heterocycles. The van der Waals surface area contributed by atoms with E-state index in [1.807, 2.05) is 20.8 Å². The number of aromatic hydroxyl groups is 1. The zero-order chi connectivity index (χ0) is 20.4. The van der Waals surface area contributed by atoms with E-state index in [-0.39, 0.29) is 38.2 Å². The summed E-state index contributed by atoms with van der Waals surface area (Å²) in [5.41, 5.74) is 0.375. The monoisotopic (exact) mass is 407 g/mol. The first-order chi connectivity index (χ1) is 12.5. The van der Waals surface area contributed by atoms with Gasteiger partial charge in [-0.25, -0.2) is 0 Å². The predicted molar refractivity (Wildman–Crippen MR) is 109 cm³/mol. The highest BCUT2D eigenvalue weighted by molar-refractivity contribution is 7.80. The summed E-state index contributed by atoms with van der Waals surface area (Å²) in [4.78, 5) is 22.7. The Morgan fingerprint density at radius 2 is 1.89 bits per heavy atom. The van der Waals surface area contributed by atoms with Crippen LogP contribution in [0, 0.1) is 10.1 Å². The van der Waals surface area contributed by atoms with Crippen molar-refractivity contribution >= 4 is 46.2 Å². The minimum atomic E-state index is -0.739. The smallest absolute Gasteiger partial charge is 0.282 e. The van der Waals surface area contributed by atoms with Crippen LogP contribution in [0.25, 0.3) is 0 Å². The van der Waals surface area contributed by atoms with Crippen LogP contribution in [0.3, 0.4) is 0 Å². The quantitative estimate of drug-likeness (QED) is 0.302. The third-order valence-corrected chi connectivity index (χ3v) is 4.24. The van der Waals surface area contributed by atoms with Gasteiger partial charge in [0.2, 0.25) is 0 Å². The SMILES string of the molecule is CC(C)(C)c1cc(Cl)c(O)c(NC(=S)NC(=O)c2ccccc2[N+](=O)[O-])c1. The van der Waals surface area contributed by atoms with E-state index in [2.05, 4.69) is 10.6 Å². The lowest BCUT2D eigenvalue weighted by molar-refractivity contribution is -0.385. The normalized spacial score (nSPS) is 11.0. The number of rotatable bonds is 3. The molecule has 0 radical (unpaired) electrons. The largest absolute Gasteiger partial charge is 0.504 e. The van der Waals surface area contributed by atoms with E-state index in [1.165, 1.54) is 24.3 Å². The van der Waals surface area contributed by atoms with Gasteiger partial charge in [-0.15, -0.1) is 0 Å². The maximum atomic E-state index is 12.3. The Morgan fingerprint density at radius 3 is 2.48 bits per heavy atom. The molecule has 0 aliphatic rings. The van der Waals surface area contributed by atoms with Gasteiger partial charge in [0, 0.05) is 6.07 Å². The number of hydrogen-bond donors (Lipinski definition) is 3. The molecular formula is C18H18ClN3O4S. The molecule has 27 heavy (non-hydrogen) atoms. The van der Waals surface area contributed by atoms with Crippen molar-refractivity contribution in [1.29, 1.82) is 0 Å². The van der Waals surface area contributed by atoms with Gasteiger partial charge in [0.05, 0.1) is 15.6 Å². The van der Waals surface area contributed by atoms with Crippen molar-refractivity contribution < 1.29 is 14.8 Å². The number of carbonyl (C=O) groups excluding carboxylic acids is 1. The number of nitro benzene ring substituents is 1. The van der Waals surface area contributed by atoms with E-state index in [0.717, 1.165) is 5.56 Å². The number of nitrogens with one attached hydrogen (secondary N) is 2. The van der Waals surface area contributed by atoms with Crippen molar-refractivity contribution in [3.05, 3.63) is 62.7 Å². The number of anilines is 1. The number of phenolic OH excluding ortho intramolecular Hbond substituents is 1. The van der Waals surface area contributed by atoms with Gasteiger partial charge in [-0.3, -0.25) is 20.2 Å². The number of para-hydroxylation sites is 1. The molecule has 3 N–H and O–H groups in total. The first-order valence-corrected chi connectivity index (χ1v) is 8.68. The summed E-state index contributed by atoms with van der Waals surface area (Å²) >= 11 is 11.2. The number of hydrogen-bond acceptors (Lipinski definition) is 5. The average Bonchev–Trinajstić information content (AvgIpc) is 2.57. The summed E-state index contributed by atoms with van der Waals surface area (Å²) in [6.45, 7) is 5.94. The van der Waals surface area contributed by atoms with Gasteiger partial charge in [0.15, 0.2) is 10.9 Å². The molecule has 9 heteroatoms. The predicted octanol–water partition coefficient (Wildman–Crippen LogP) is 4.38. The highest BCUT2D eigenvalue weighted by Gasteiger charge is 2.21. The summed E-state index contributed by atoms with van der Waals surface area (Å²) in [6, 6.07) is 8.84. The Morgan fingerprint density at radius 1 is 1.26 bits per heavy atom. The standard InChI is InChI=1S/C18H18ClN3O4S/c1-18(2,3)10-8-12(19)15(23)13(9-10)20-17(27)21-16(24)11-6-4-5-7-14(11)22(25)26/h4-9,23H,1-3H3,(H2,20,21,24,27). The average molecular weight is 408 g/mol. The number of carbonyl (C=O) groups is 1. The van der Waals surface area contributed by atoms with E-state index < -0.39 is 10.8 Å². The number of amides is 1. The number of thiocarbonyl (C=S) groups is 1. The van der Waals surface area contributed by atoms with Crippen LogP contribution in [0.5, 0.6) is 5.75 Å². The maximum absolute atomic E-state index is 12.3. The highest BCUT2D eigenvalue weighted by atomic mass is 35.5. The molecule has 0 spiro atoms. The van der Waals surface area contributed by atoms with Crippen LogP contribution in [0.2, 0.25) is 5.02 Å². The number of nitro groups is 1. The van der Waals surface area contributed by atoms with Gasteiger partial charge in [0.25, 0.3) is 11.6 Å². The lowest BCUT2D eigenvalue weighted by atomic mass is 9.87. The summed E-state index contributed by atoms with van der Waals surface area (Å²) in [5, 5.41) is 26.3. The fraction of sp³-hybridized carbons (Fsp3) is 0.222. The van der Waals surface area contributed by atoms with Gasteiger partial charge >= 0.3 is 0 Å². The molecule has 0 saturated heterocycles. The lowest BCUT2D eigenvalue weighted by Crippen LogP contribution is -2.34. The van der Waals surface area contributed by atoms with Gasteiger partial charge < -0.3 is 10.4 Å². The molecular weight excluding hydrogens is 390 g/mol. The molecule has 2 aromatic rings. The van der Waals surface area contributed by atoms with Gasteiger partial charge in [-0.05, 0) is 41.4 Å². The van der Waals surface area contributed by atoms with Crippen molar-refractivity contribution in [2.24, 2.45) is 0 Å². The van der Waals surface area contributed by atoms with Crippen molar-refractivity contribution in [2.75, 3.05) is 5.32 Å². The van der Waals surface area contributed by atoms with E-state index in [4.69, 9.17) is 23.8 Å². The minimum absolute atomic E-state index is 0.127. The molecule has 0 fully saturated rings. The highest BCUT2D eigenvalue weighted by Crippen LogP contribution is 2.37. The molecule has 142 valence electrons. The van der Waals surface area contributed by atoms with Crippen LogP contribution in [0.4, 0.5) is 11.4 Å². The molecule has 2 aromatic carbocycles. The van der Waals surface area contributed by atoms with Crippen LogP contribution in [0.1, 0.15) is 36.7 Å². The molecule has 1 amide bonds. The van der Waals surface area contributed by atoms with E-state index in [9.17, 15) is 20.0 Å². The molecule has 0 saturated carbocycles. The minimum Gasteiger partial charge on any atom is -0.504 e. The summed E-state index contributed by atoms with van der Waals surface area (Å²) in [7, 11) is 0. The molecule has 7 nitrogen and oxygen atoms in total. The van der Waals surface area contributed by atoms with Crippen LogP contribution in [-0.2, 0) is 5.41 Å². The summed E-state index contributed by atoms with van der Waals surface area (Å²) in [5.74, 6) is -0.954. The van der Waals surface area contributed by atoms with Gasteiger partial charge in [-0.2, -0.15) is 0 Å². The second-order valence-corrected chi connectivity index (χ2v) is 7.60. The maximum Gasteiger partial charge on any atom is 0.282 e. The number of halogens is 1. The lowest BCUT2D eigenvalue weighted by Gasteiger charge is -2.21. The Balaban J connectivity index is 2.23. The molecule has 0 atom stereocenters. The second-order valence-electron chi connectivity index (χ2n) is 6.79. The van der Waals surface area contributed by atoms with Crippen LogP contribution in [-0.4, -0.2) is 21.0 Å². The Hall–Kier alpha value is -2.71. The molecule has 0 aliphatic carbocycles. The first-order valence-electron chi connectivity index (χ1n) is 7.89. The van der Waals surface area contributed by atoms with Crippen molar-refractivity contribution in [2.45, 2.75) is 26.2 Å². The number of phenols is 1. The third kappa shape index (κ3) is 4.93. The van der Waals surface area contributed by atoms with Crippen LogP contribution in [0.15, 0.2) is 36.4 Å². The van der Waals surface area contributed by atoms with Crippen LogP contribution >= 0.6 is 23.8 Å². The fourth-order valence-electron chi connectivity index (χ4n) is 2.28. The fourth-order valence-corrected chi connectivity index (χ4v) is 2.70. The second kappa shape index (κ2) is 7.89. The number of nitrogens with zero attached hydrogens (tertiary/aromatic N) is 1. The van der Waals surface area contributed by atoms with Gasteiger partial charge in [-0.1, -0.05) is 44.5 Å². The zero-order valence-electron chi connectivity index (χ0n) is 14.9. The van der Waals surface area contributed by atoms with Crippen molar-refractivity contribution in [1.82, 2.24) is 5.32 Å². The van der Waals surface area contributed by atoms with E-state index in [1.54, 1.807) is 12.1 Å². The molecule has 2 rings (SSSR count). The van der Waals surface area contributed by atoms with Crippen LogP contribution < -0.4 is 10.6 Å². The van der Waals surface area contributed by atoms with E-state index in [0.29, 0.717) is 0 Å². The Bertz CT molecular complexity index is 925. The van der Waals surface area contributed by atoms with E-state index >= 15 is 0 Å². The Kier molecular flexibility index (Phi) is 6.02. The van der Waals surface area contributed by atoms with Crippen molar-refractivity contribution in [3.63, 3.8) is 0 Å². The first kappa shape index (κ1) is 20.6. The Labute approximate surface area is 166 Å². The molecule has 0 aliphatic heterocycles. The van der Waals surface area contributed by atoms with Crippen molar-refractivity contribution in [3.8, 4) is 5.75 Å². The summed E-state index contributed by atoms with van der Waals surface area (Å²) < 4.78 is 0. The number of benzene rings is 2. The zero-order valence-corrected chi connectivity index (χ0v) is 16.4. The topological polar surface area (TPSA) is 104 Å². The molecule has 0 heterocycles.